The van der Waals surface area contributed by atoms with E-state index in [0.717, 1.165) is 16.7 Å². The zero-order valence-electron chi connectivity index (χ0n) is 14.7. The maximum atomic E-state index is 13.3. The molecule has 3 N–H and O–H groups in total. The van der Waals surface area contributed by atoms with E-state index in [1.54, 1.807) is 19.2 Å². The summed E-state index contributed by atoms with van der Waals surface area (Å²) in [5, 5.41) is 17.5. The number of nitrogens with one attached hydrogen (secondary N) is 2. The van der Waals surface area contributed by atoms with Gasteiger partial charge in [0.15, 0.2) is 5.96 Å². The number of para-hydroxylation sites is 1. The van der Waals surface area contributed by atoms with E-state index in [2.05, 4.69) is 15.6 Å². The molecule has 6 heteroatoms. The number of guanidine groups is 1. The molecule has 1 aromatic heterocycles. The first-order chi connectivity index (χ1) is 12.6. The van der Waals surface area contributed by atoms with Gasteiger partial charge in [0.05, 0.1) is 12.1 Å². The second kappa shape index (κ2) is 8.01. The second-order valence-electron chi connectivity index (χ2n) is 6.08. The van der Waals surface area contributed by atoms with E-state index < -0.39 is 6.10 Å². The molecule has 2 aromatic carbocycles. The van der Waals surface area contributed by atoms with Gasteiger partial charge in [-0.05, 0) is 36.8 Å². The molecular formula is C20H22FN3O2. The molecule has 0 radical (unpaired) electrons. The van der Waals surface area contributed by atoms with Gasteiger partial charge in [-0.2, -0.15) is 0 Å². The molecule has 0 saturated carbocycles. The summed E-state index contributed by atoms with van der Waals surface area (Å²) in [5.41, 5.74) is 1.35. The van der Waals surface area contributed by atoms with Crippen LogP contribution < -0.4 is 10.6 Å². The number of aliphatic imine (C=N–C) groups is 1. The van der Waals surface area contributed by atoms with E-state index in [9.17, 15) is 9.50 Å². The largest absolute Gasteiger partial charge is 0.459 e. The Bertz CT molecular complexity index is 874. The van der Waals surface area contributed by atoms with Crippen molar-refractivity contribution in [3.05, 3.63) is 71.7 Å². The third-order valence-electron chi connectivity index (χ3n) is 4.14. The Balaban J connectivity index is 1.60. The van der Waals surface area contributed by atoms with Crippen molar-refractivity contribution in [3.8, 4) is 0 Å². The summed E-state index contributed by atoms with van der Waals surface area (Å²) < 4.78 is 19.1. The number of hydrogen-bond acceptors (Lipinski definition) is 3. The van der Waals surface area contributed by atoms with Crippen LogP contribution in [0.5, 0.6) is 0 Å². The highest BCUT2D eigenvalue weighted by atomic mass is 19.1. The molecule has 5 nitrogen and oxygen atoms in total. The van der Waals surface area contributed by atoms with Crippen LogP contribution in [0.15, 0.2) is 64.0 Å². The quantitative estimate of drug-likeness (QED) is 0.484. The summed E-state index contributed by atoms with van der Waals surface area (Å²) in [4.78, 5) is 4.16. The highest BCUT2D eigenvalue weighted by Gasteiger charge is 2.14. The predicted molar refractivity (Wildman–Crippen MR) is 100 cm³/mol. The molecule has 0 aliphatic heterocycles. The lowest BCUT2D eigenvalue weighted by atomic mass is 10.1. The van der Waals surface area contributed by atoms with Crippen LogP contribution in [0.3, 0.4) is 0 Å². The molecule has 3 aromatic rings. The summed E-state index contributed by atoms with van der Waals surface area (Å²) in [7, 11) is 1.65. The minimum atomic E-state index is -0.842. The predicted octanol–water partition coefficient (Wildman–Crippen LogP) is 3.53. The second-order valence-corrected chi connectivity index (χ2v) is 6.08. The average Bonchev–Trinajstić information content (AvgIpc) is 3.09. The Kier molecular flexibility index (Phi) is 5.53. The summed E-state index contributed by atoms with van der Waals surface area (Å²) in [6.07, 6.45) is -0.842. The van der Waals surface area contributed by atoms with Gasteiger partial charge in [0.1, 0.15) is 17.2 Å². The fraction of sp³-hybridized carbons (Fsp3) is 0.250. The fourth-order valence-corrected chi connectivity index (χ4v) is 2.71. The first-order valence-electron chi connectivity index (χ1n) is 8.46. The minimum absolute atomic E-state index is 0.111. The van der Waals surface area contributed by atoms with E-state index in [1.807, 2.05) is 37.3 Å². The van der Waals surface area contributed by atoms with E-state index in [1.165, 1.54) is 12.1 Å². The van der Waals surface area contributed by atoms with Gasteiger partial charge in [-0.3, -0.25) is 4.99 Å². The molecule has 0 aliphatic rings. The van der Waals surface area contributed by atoms with Crippen LogP contribution in [-0.2, 0) is 0 Å². The van der Waals surface area contributed by atoms with Gasteiger partial charge in [-0.1, -0.05) is 30.3 Å². The van der Waals surface area contributed by atoms with E-state index in [4.69, 9.17) is 4.42 Å². The normalized spacial score (nSPS) is 14.2. The van der Waals surface area contributed by atoms with Crippen molar-refractivity contribution in [1.82, 2.24) is 10.6 Å². The molecule has 0 saturated heterocycles. The number of aliphatic hydroxyl groups is 1. The molecule has 26 heavy (non-hydrogen) atoms. The van der Waals surface area contributed by atoms with Gasteiger partial charge in [0, 0.05) is 19.0 Å². The van der Waals surface area contributed by atoms with Crippen molar-refractivity contribution in [2.45, 2.75) is 19.1 Å². The van der Waals surface area contributed by atoms with E-state index in [-0.39, 0.29) is 18.4 Å². The van der Waals surface area contributed by atoms with Gasteiger partial charge in [0.25, 0.3) is 0 Å². The number of aliphatic hydroxyl groups excluding tert-OH is 1. The highest BCUT2D eigenvalue weighted by Crippen LogP contribution is 2.23. The SMILES string of the molecule is CN=C(NCC(O)c1cccc(F)c1)NC(C)c1cc2ccccc2o1. The summed E-state index contributed by atoms with van der Waals surface area (Å²) in [5.74, 6) is 0.941. The molecule has 1 heterocycles. The Hall–Kier alpha value is -2.86. The van der Waals surface area contributed by atoms with Crippen LogP contribution in [-0.4, -0.2) is 24.7 Å². The Morgan fingerprint density at radius 3 is 2.73 bits per heavy atom. The Labute approximate surface area is 151 Å². The lowest BCUT2D eigenvalue weighted by Crippen LogP contribution is -2.40. The fourth-order valence-electron chi connectivity index (χ4n) is 2.71. The van der Waals surface area contributed by atoms with E-state index in [0.29, 0.717) is 11.5 Å². The molecule has 2 unspecified atom stereocenters. The minimum Gasteiger partial charge on any atom is -0.459 e. The molecular weight excluding hydrogens is 333 g/mol. The van der Waals surface area contributed by atoms with Gasteiger partial charge >= 0.3 is 0 Å². The molecule has 0 fully saturated rings. The highest BCUT2D eigenvalue weighted by molar-refractivity contribution is 5.81. The standard InChI is InChI=1S/C20H22FN3O2/c1-13(19-11-15-6-3-4-9-18(15)26-19)24-20(22-2)23-12-17(25)14-7-5-8-16(21)10-14/h3-11,13,17,25H,12H2,1-2H3,(H2,22,23,24). The maximum absolute atomic E-state index is 13.3. The van der Waals surface area contributed by atoms with Crippen LogP contribution in [0.1, 0.15) is 30.4 Å². The lowest BCUT2D eigenvalue weighted by molar-refractivity contribution is 0.180. The Morgan fingerprint density at radius 1 is 1.19 bits per heavy atom. The van der Waals surface area contributed by atoms with Crippen LogP contribution in [0.2, 0.25) is 0 Å². The third-order valence-corrected chi connectivity index (χ3v) is 4.14. The van der Waals surface area contributed by atoms with Gasteiger partial charge in [-0.15, -0.1) is 0 Å². The van der Waals surface area contributed by atoms with Crippen molar-refractivity contribution in [1.29, 1.82) is 0 Å². The van der Waals surface area contributed by atoms with Gasteiger partial charge in [0.2, 0.25) is 0 Å². The molecule has 0 spiro atoms. The maximum Gasteiger partial charge on any atom is 0.191 e. The van der Waals surface area contributed by atoms with Crippen molar-refractivity contribution in [2.24, 2.45) is 4.99 Å². The third kappa shape index (κ3) is 4.21. The van der Waals surface area contributed by atoms with Crippen molar-refractivity contribution >= 4 is 16.9 Å². The Morgan fingerprint density at radius 2 is 2.00 bits per heavy atom. The zero-order valence-corrected chi connectivity index (χ0v) is 14.7. The van der Waals surface area contributed by atoms with Gasteiger partial charge < -0.3 is 20.2 Å². The lowest BCUT2D eigenvalue weighted by Gasteiger charge is -2.18. The smallest absolute Gasteiger partial charge is 0.191 e. The number of furan rings is 1. The number of fused-ring (bicyclic) bond motifs is 1. The topological polar surface area (TPSA) is 69.8 Å². The molecule has 0 amide bonds. The number of rotatable bonds is 5. The van der Waals surface area contributed by atoms with Crippen LogP contribution in [0.25, 0.3) is 11.0 Å². The van der Waals surface area contributed by atoms with Crippen molar-refractivity contribution in [3.63, 3.8) is 0 Å². The first kappa shape index (κ1) is 17.9. The molecule has 136 valence electrons. The summed E-state index contributed by atoms with van der Waals surface area (Å²) >= 11 is 0. The molecule has 0 bridgehead atoms. The van der Waals surface area contributed by atoms with Crippen molar-refractivity contribution in [2.75, 3.05) is 13.6 Å². The van der Waals surface area contributed by atoms with E-state index >= 15 is 0 Å². The van der Waals surface area contributed by atoms with Crippen LogP contribution in [0.4, 0.5) is 4.39 Å². The van der Waals surface area contributed by atoms with Crippen LogP contribution >= 0.6 is 0 Å². The monoisotopic (exact) mass is 355 g/mol. The molecule has 2 atom stereocenters. The number of hydrogen-bond donors (Lipinski definition) is 3. The zero-order chi connectivity index (χ0) is 18.5. The number of nitrogens with zero attached hydrogens (tertiary/aromatic N) is 1. The summed E-state index contributed by atoms with van der Waals surface area (Å²) in [6.45, 7) is 2.17. The number of benzene rings is 2. The van der Waals surface area contributed by atoms with Gasteiger partial charge in [-0.25, -0.2) is 4.39 Å². The number of halogens is 1. The molecule has 3 rings (SSSR count). The molecule has 0 aliphatic carbocycles. The van der Waals surface area contributed by atoms with Crippen molar-refractivity contribution < 1.29 is 13.9 Å². The first-order valence-corrected chi connectivity index (χ1v) is 8.46. The summed E-state index contributed by atoms with van der Waals surface area (Å²) in [6, 6.07) is 15.6. The average molecular weight is 355 g/mol. The van der Waals surface area contributed by atoms with Crippen LogP contribution in [0, 0.1) is 5.82 Å².